The lowest BCUT2D eigenvalue weighted by Crippen LogP contribution is -2.21. The number of nitrogens with zero attached hydrogens (tertiary/aromatic N) is 3. The maximum Gasteiger partial charge on any atom is 0.490 e. The van der Waals surface area contributed by atoms with Crippen LogP contribution in [0, 0.1) is 25.2 Å². The van der Waals surface area contributed by atoms with Crippen molar-refractivity contribution < 1.29 is 27.8 Å². The zero-order chi connectivity index (χ0) is 26.3. The second-order valence-corrected chi connectivity index (χ2v) is 7.78. The zero-order valence-corrected chi connectivity index (χ0v) is 19.5. The van der Waals surface area contributed by atoms with E-state index in [-0.39, 0.29) is 0 Å². The van der Waals surface area contributed by atoms with Crippen molar-refractivity contribution in [2.75, 3.05) is 0 Å². The molecule has 0 fully saturated rings. The number of carbonyl (C=O) groups is 1. The van der Waals surface area contributed by atoms with Gasteiger partial charge in [-0.3, -0.25) is 4.57 Å². The highest BCUT2D eigenvalue weighted by molar-refractivity contribution is 5.73. The van der Waals surface area contributed by atoms with Crippen LogP contribution in [0.5, 0.6) is 11.6 Å². The molecule has 3 aromatic carbocycles. The Bertz CT molecular complexity index is 1370. The molecular weight excluding hydrogens is 471 g/mol. The molecule has 36 heavy (non-hydrogen) atoms. The van der Waals surface area contributed by atoms with Gasteiger partial charge in [0, 0.05) is 0 Å². The molecule has 0 unspecified atom stereocenters. The normalized spacial score (nSPS) is 10.7. The van der Waals surface area contributed by atoms with Crippen molar-refractivity contribution >= 4 is 5.97 Å². The monoisotopic (exact) mass is 493 g/mol. The predicted octanol–water partition coefficient (Wildman–Crippen LogP) is 6.51. The summed E-state index contributed by atoms with van der Waals surface area (Å²) in [5.74, 6) is -0.424. The van der Waals surface area contributed by atoms with Crippen molar-refractivity contribution in [3.05, 3.63) is 102 Å². The van der Waals surface area contributed by atoms with E-state index in [0.717, 1.165) is 22.7 Å². The molecule has 9 heteroatoms. The van der Waals surface area contributed by atoms with Gasteiger partial charge in [0.1, 0.15) is 11.6 Å². The quantitative estimate of drug-likeness (QED) is 0.342. The van der Waals surface area contributed by atoms with Gasteiger partial charge < -0.3 is 9.84 Å². The molecule has 1 aromatic heterocycles. The Hall–Kier alpha value is -4.58. The lowest BCUT2D eigenvalue weighted by molar-refractivity contribution is -0.192. The molecule has 4 aromatic rings. The largest absolute Gasteiger partial charge is 0.490 e. The van der Waals surface area contributed by atoms with Crippen LogP contribution in [0.2, 0.25) is 0 Å². The third-order valence-electron chi connectivity index (χ3n) is 5.22. The fourth-order valence-corrected chi connectivity index (χ4v) is 3.31. The van der Waals surface area contributed by atoms with E-state index in [4.69, 9.17) is 19.9 Å². The van der Waals surface area contributed by atoms with Gasteiger partial charge in [0.05, 0.1) is 24.4 Å². The number of hydrogen-bond acceptors (Lipinski definition) is 4. The van der Waals surface area contributed by atoms with Crippen molar-refractivity contribution in [2.45, 2.75) is 26.6 Å². The Morgan fingerprint density at radius 2 is 1.64 bits per heavy atom. The minimum atomic E-state index is -5.08. The highest BCUT2D eigenvalue weighted by Gasteiger charge is 2.38. The number of carboxylic acid groups (broad SMARTS) is 1. The molecular formula is C27H22F3N3O3. The molecule has 0 saturated heterocycles. The van der Waals surface area contributed by atoms with Gasteiger partial charge >= 0.3 is 12.1 Å². The van der Waals surface area contributed by atoms with Crippen LogP contribution in [-0.2, 0) is 11.3 Å². The van der Waals surface area contributed by atoms with Gasteiger partial charge in [0.15, 0.2) is 0 Å². The maximum absolute atomic E-state index is 10.6. The van der Waals surface area contributed by atoms with E-state index < -0.39 is 12.1 Å². The summed E-state index contributed by atoms with van der Waals surface area (Å²) in [6.07, 6.45) is -3.34. The van der Waals surface area contributed by atoms with Crippen molar-refractivity contribution in [1.82, 2.24) is 9.55 Å². The second kappa shape index (κ2) is 11.2. The summed E-state index contributed by atoms with van der Waals surface area (Å²) >= 11 is 0. The molecule has 0 aliphatic rings. The van der Waals surface area contributed by atoms with E-state index in [9.17, 15) is 13.2 Å². The van der Waals surface area contributed by atoms with Crippen LogP contribution in [0.15, 0.2) is 79.0 Å². The number of alkyl halides is 3. The van der Waals surface area contributed by atoms with Gasteiger partial charge in [0.2, 0.25) is 5.88 Å². The summed E-state index contributed by atoms with van der Waals surface area (Å²) < 4.78 is 39.9. The molecule has 6 nitrogen and oxygen atoms in total. The van der Waals surface area contributed by atoms with Gasteiger partial charge in [-0.25, -0.2) is 9.78 Å². The average molecular weight is 493 g/mol. The molecule has 0 saturated carbocycles. The number of imidazole rings is 1. The first kappa shape index (κ1) is 26.0. The highest BCUT2D eigenvalue weighted by atomic mass is 19.4. The molecule has 0 aliphatic heterocycles. The summed E-state index contributed by atoms with van der Waals surface area (Å²) in [5.41, 5.74) is 5.38. The first-order valence-electron chi connectivity index (χ1n) is 10.7. The van der Waals surface area contributed by atoms with Crippen LogP contribution in [0.3, 0.4) is 0 Å². The van der Waals surface area contributed by atoms with Crippen LogP contribution < -0.4 is 4.74 Å². The zero-order valence-electron chi connectivity index (χ0n) is 19.5. The number of hydrogen-bond donors (Lipinski definition) is 1. The van der Waals surface area contributed by atoms with Gasteiger partial charge in [-0.05, 0) is 60.4 Å². The van der Waals surface area contributed by atoms with Crippen molar-refractivity contribution in [1.29, 1.82) is 5.26 Å². The fraction of sp³-hybridized carbons (Fsp3) is 0.148. The van der Waals surface area contributed by atoms with E-state index in [0.29, 0.717) is 18.0 Å². The van der Waals surface area contributed by atoms with Crippen LogP contribution in [0.4, 0.5) is 13.2 Å². The Balaban J connectivity index is 0.000000454. The predicted molar refractivity (Wildman–Crippen MR) is 128 cm³/mol. The SMILES string of the molecule is Cc1ccccc1-c1ccc(Oc2cnc(C)n2Cc2ccc(C#N)cc2)cc1.O=C(O)C(F)(F)F. The minimum Gasteiger partial charge on any atom is -0.475 e. The summed E-state index contributed by atoms with van der Waals surface area (Å²) in [5, 5.41) is 16.1. The van der Waals surface area contributed by atoms with E-state index in [1.807, 2.05) is 54.0 Å². The number of ether oxygens (including phenoxy) is 1. The van der Waals surface area contributed by atoms with Gasteiger partial charge in [-0.1, -0.05) is 48.5 Å². The number of halogens is 3. The van der Waals surface area contributed by atoms with Crippen LogP contribution in [0.25, 0.3) is 11.1 Å². The Morgan fingerprint density at radius 1 is 1.03 bits per heavy atom. The van der Waals surface area contributed by atoms with Crippen LogP contribution in [-0.4, -0.2) is 26.8 Å². The number of benzene rings is 3. The molecule has 4 rings (SSSR count). The number of carboxylic acids is 1. The summed E-state index contributed by atoms with van der Waals surface area (Å²) in [7, 11) is 0. The van der Waals surface area contributed by atoms with E-state index in [1.165, 1.54) is 11.1 Å². The van der Waals surface area contributed by atoms with Gasteiger partial charge in [-0.15, -0.1) is 0 Å². The van der Waals surface area contributed by atoms with E-state index in [2.05, 4.69) is 48.3 Å². The third-order valence-corrected chi connectivity index (χ3v) is 5.22. The molecule has 0 radical (unpaired) electrons. The Labute approximate surface area is 205 Å². The van der Waals surface area contributed by atoms with Crippen LogP contribution in [0.1, 0.15) is 22.5 Å². The second-order valence-electron chi connectivity index (χ2n) is 7.78. The third kappa shape index (κ3) is 6.73. The number of aliphatic carboxylic acids is 1. The Morgan fingerprint density at radius 3 is 2.19 bits per heavy atom. The van der Waals surface area contributed by atoms with Gasteiger partial charge in [0.25, 0.3) is 0 Å². The summed E-state index contributed by atoms with van der Waals surface area (Å²) in [4.78, 5) is 13.3. The van der Waals surface area contributed by atoms with Crippen LogP contribution >= 0.6 is 0 Å². The fourth-order valence-electron chi connectivity index (χ4n) is 3.31. The number of nitriles is 1. The number of aromatic nitrogens is 2. The molecule has 184 valence electrons. The Kier molecular flexibility index (Phi) is 8.12. The molecule has 0 atom stereocenters. The summed E-state index contributed by atoms with van der Waals surface area (Å²) in [6, 6.07) is 26.2. The highest BCUT2D eigenvalue weighted by Crippen LogP contribution is 2.28. The molecule has 0 spiro atoms. The first-order chi connectivity index (χ1) is 17.1. The minimum absolute atomic E-state index is 0.633. The topological polar surface area (TPSA) is 88.1 Å². The lowest BCUT2D eigenvalue weighted by atomic mass is 10.0. The van der Waals surface area contributed by atoms with Crippen molar-refractivity contribution in [3.8, 4) is 28.8 Å². The maximum atomic E-state index is 10.6. The standard InChI is InChI=1S/C25H21N3O.C2HF3O2/c1-18-5-3-4-6-24(18)22-11-13-23(14-12-22)29-25-16-27-19(2)28(25)17-21-9-7-20(15-26)8-10-21;3-2(4,5)1(6)7/h3-14,16H,17H2,1-2H3;(H,6,7). The molecule has 1 N–H and O–H groups in total. The average Bonchev–Trinajstić information content (AvgIpc) is 3.19. The van der Waals surface area contributed by atoms with E-state index >= 15 is 0 Å². The number of aryl methyl sites for hydroxylation is 2. The molecule has 1 heterocycles. The summed E-state index contributed by atoms with van der Waals surface area (Å²) in [6.45, 7) is 4.70. The first-order valence-corrected chi connectivity index (χ1v) is 10.7. The molecule has 0 aliphatic carbocycles. The number of rotatable bonds is 5. The van der Waals surface area contributed by atoms with Gasteiger partial charge in [-0.2, -0.15) is 18.4 Å². The van der Waals surface area contributed by atoms with Crippen molar-refractivity contribution in [3.63, 3.8) is 0 Å². The van der Waals surface area contributed by atoms with E-state index in [1.54, 1.807) is 6.20 Å². The lowest BCUT2D eigenvalue weighted by Gasteiger charge is -2.12. The smallest absolute Gasteiger partial charge is 0.475 e. The van der Waals surface area contributed by atoms with Crippen molar-refractivity contribution in [2.24, 2.45) is 0 Å². The molecule has 0 bridgehead atoms. The molecule has 0 amide bonds.